The van der Waals surface area contributed by atoms with E-state index >= 15 is 0 Å². The Morgan fingerprint density at radius 1 is 1.80 bits per heavy atom. The summed E-state index contributed by atoms with van der Waals surface area (Å²) in [7, 11) is 0. The van der Waals surface area contributed by atoms with Gasteiger partial charge in [0.2, 0.25) is 6.08 Å². The summed E-state index contributed by atoms with van der Waals surface area (Å²) in [5, 5.41) is 0.228. The summed E-state index contributed by atoms with van der Waals surface area (Å²) in [6, 6.07) is 1.46. The third-order valence-electron chi connectivity index (χ3n) is 1.03. The molecule has 0 spiro atoms. The lowest BCUT2D eigenvalue weighted by Crippen LogP contribution is -1.59. The fourth-order valence-electron chi connectivity index (χ4n) is 0.597. The molecular formula is C6H4ClNO2. The van der Waals surface area contributed by atoms with Crippen LogP contribution in [-0.2, 0) is 4.79 Å². The summed E-state index contributed by atoms with van der Waals surface area (Å²) in [4.78, 5) is 13.1. The molecule has 0 fully saturated rings. The van der Waals surface area contributed by atoms with Gasteiger partial charge in [-0.25, -0.2) is 4.79 Å². The first-order chi connectivity index (χ1) is 4.74. The number of nitrogens with zero attached hydrogens (tertiary/aromatic N) is 1. The van der Waals surface area contributed by atoms with Crippen molar-refractivity contribution in [1.82, 2.24) is 0 Å². The van der Waals surface area contributed by atoms with Crippen LogP contribution in [0.1, 0.15) is 5.76 Å². The minimum atomic E-state index is 0.228. The van der Waals surface area contributed by atoms with Gasteiger partial charge in [0.05, 0.1) is 0 Å². The second-order valence-electron chi connectivity index (χ2n) is 1.70. The predicted octanol–water partition coefficient (Wildman–Crippen LogP) is 2.21. The predicted molar refractivity (Wildman–Crippen MR) is 36.2 cm³/mol. The molecule has 52 valence electrons. The van der Waals surface area contributed by atoms with Gasteiger partial charge in [-0.15, -0.1) is 0 Å². The number of halogens is 1. The molecular weight excluding hydrogens is 154 g/mol. The number of isocyanates is 1. The van der Waals surface area contributed by atoms with Crippen LogP contribution >= 0.6 is 11.6 Å². The molecule has 0 atom stereocenters. The first-order valence-electron chi connectivity index (χ1n) is 2.58. The smallest absolute Gasteiger partial charge is 0.240 e. The fourth-order valence-corrected chi connectivity index (χ4v) is 0.816. The molecule has 0 aliphatic rings. The van der Waals surface area contributed by atoms with Crippen molar-refractivity contribution >= 4 is 23.4 Å². The first-order valence-corrected chi connectivity index (χ1v) is 2.95. The highest BCUT2D eigenvalue weighted by atomic mass is 35.5. The van der Waals surface area contributed by atoms with Crippen molar-refractivity contribution in [3.63, 3.8) is 0 Å². The molecule has 10 heavy (non-hydrogen) atoms. The second kappa shape index (κ2) is 2.69. The Bertz CT molecular complexity index is 286. The quantitative estimate of drug-likeness (QED) is 0.463. The molecule has 1 rings (SSSR count). The van der Waals surface area contributed by atoms with Crippen LogP contribution < -0.4 is 0 Å². The van der Waals surface area contributed by atoms with E-state index < -0.39 is 0 Å². The van der Waals surface area contributed by atoms with Crippen molar-refractivity contribution in [2.45, 2.75) is 6.92 Å². The van der Waals surface area contributed by atoms with E-state index in [1.54, 1.807) is 6.92 Å². The number of furan rings is 1. The molecule has 0 saturated heterocycles. The lowest BCUT2D eigenvalue weighted by Gasteiger charge is -1.79. The Morgan fingerprint density at radius 2 is 2.50 bits per heavy atom. The summed E-state index contributed by atoms with van der Waals surface area (Å²) in [5.41, 5.74) is 0.431. The minimum Gasteiger partial charge on any atom is -0.448 e. The summed E-state index contributed by atoms with van der Waals surface area (Å²) in [6.07, 6.45) is 1.39. The monoisotopic (exact) mass is 157 g/mol. The molecule has 0 N–H and O–H groups in total. The van der Waals surface area contributed by atoms with Crippen LogP contribution in [0.15, 0.2) is 15.5 Å². The molecule has 4 heteroatoms. The van der Waals surface area contributed by atoms with Crippen LogP contribution in [0.25, 0.3) is 0 Å². The third kappa shape index (κ3) is 1.26. The van der Waals surface area contributed by atoms with E-state index in [1.807, 2.05) is 0 Å². The van der Waals surface area contributed by atoms with Crippen LogP contribution in [0.5, 0.6) is 0 Å². The van der Waals surface area contributed by atoms with E-state index in [1.165, 1.54) is 12.1 Å². The van der Waals surface area contributed by atoms with Crippen molar-refractivity contribution in [3.8, 4) is 0 Å². The molecule has 0 aromatic carbocycles. The molecule has 0 radical (unpaired) electrons. The number of carbonyl (C=O) groups excluding carboxylic acids is 1. The lowest BCUT2D eigenvalue weighted by atomic mass is 10.4. The van der Waals surface area contributed by atoms with E-state index in [0.717, 1.165) is 0 Å². The Morgan fingerprint density at radius 3 is 2.90 bits per heavy atom. The van der Waals surface area contributed by atoms with E-state index in [9.17, 15) is 4.79 Å². The maximum absolute atomic E-state index is 9.76. The largest absolute Gasteiger partial charge is 0.448 e. The van der Waals surface area contributed by atoms with Gasteiger partial charge < -0.3 is 4.42 Å². The molecule has 0 unspecified atom stereocenters. The Kier molecular flexibility index (Phi) is 1.90. The number of rotatable bonds is 1. The van der Waals surface area contributed by atoms with Crippen molar-refractivity contribution in [3.05, 3.63) is 17.0 Å². The maximum atomic E-state index is 9.76. The Labute approximate surface area is 62.3 Å². The van der Waals surface area contributed by atoms with Gasteiger partial charge in [0.25, 0.3) is 0 Å². The standard InChI is InChI=1S/C6H4ClNO2/c1-4-5(8-3-9)2-6(7)10-4/h2H,1H3. The van der Waals surface area contributed by atoms with Crippen LogP contribution in [0.2, 0.25) is 5.22 Å². The molecule has 0 aliphatic heterocycles. The highest BCUT2D eigenvalue weighted by Gasteiger charge is 2.02. The Hall–Kier alpha value is -1.05. The van der Waals surface area contributed by atoms with Crippen LogP contribution in [0.3, 0.4) is 0 Å². The third-order valence-corrected chi connectivity index (χ3v) is 1.21. The number of hydrogen-bond donors (Lipinski definition) is 0. The lowest BCUT2D eigenvalue weighted by molar-refractivity contribution is 0.536. The molecule has 1 heterocycles. The molecule has 1 aromatic rings. The zero-order chi connectivity index (χ0) is 7.56. The number of aliphatic imine (C=N–C) groups is 1. The Balaban J connectivity index is 3.14. The zero-order valence-electron chi connectivity index (χ0n) is 5.22. The molecule has 3 nitrogen and oxygen atoms in total. The molecule has 0 bridgehead atoms. The molecule has 0 saturated carbocycles. The van der Waals surface area contributed by atoms with Gasteiger partial charge in [0.15, 0.2) is 5.22 Å². The maximum Gasteiger partial charge on any atom is 0.240 e. The van der Waals surface area contributed by atoms with Crippen LogP contribution in [0.4, 0.5) is 5.69 Å². The van der Waals surface area contributed by atoms with Crippen molar-refractivity contribution in [2.75, 3.05) is 0 Å². The fraction of sp³-hybridized carbons (Fsp3) is 0.167. The zero-order valence-corrected chi connectivity index (χ0v) is 5.97. The number of aryl methyl sites for hydroxylation is 1. The average molecular weight is 158 g/mol. The minimum absolute atomic E-state index is 0.228. The topological polar surface area (TPSA) is 42.6 Å². The van der Waals surface area contributed by atoms with Crippen LogP contribution in [-0.4, -0.2) is 6.08 Å². The first kappa shape index (κ1) is 7.06. The highest BCUT2D eigenvalue weighted by molar-refractivity contribution is 6.29. The van der Waals surface area contributed by atoms with E-state index in [2.05, 4.69) is 4.99 Å². The summed E-state index contributed by atoms with van der Waals surface area (Å²) in [6.45, 7) is 1.67. The van der Waals surface area contributed by atoms with Crippen molar-refractivity contribution in [1.29, 1.82) is 0 Å². The normalized spacial score (nSPS) is 9.00. The molecule has 1 aromatic heterocycles. The van der Waals surface area contributed by atoms with E-state index in [4.69, 9.17) is 16.0 Å². The molecule has 0 amide bonds. The van der Waals surface area contributed by atoms with Gasteiger partial charge in [-0.1, -0.05) is 0 Å². The average Bonchev–Trinajstić information content (AvgIpc) is 2.13. The summed E-state index contributed by atoms with van der Waals surface area (Å²) < 4.78 is 4.86. The van der Waals surface area contributed by atoms with Gasteiger partial charge in [0.1, 0.15) is 11.4 Å². The highest BCUT2D eigenvalue weighted by Crippen LogP contribution is 2.25. The van der Waals surface area contributed by atoms with Gasteiger partial charge in [0, 0.05) is 6.07 Å². The summed E-state index contributed by atoms with van der Waals surface area (Å²) in [5.74, 6) is 0.522. The van der Waals surface area contributed by atoms with Gasteiger partial charge in [-0.05, 0) is 18.5 Å². The van der Waals surface area contributed by atoms with Gasteiger partial charge in [-0.3, -0.25) is 0 Å². The van der Waals surface area contributed by atoms with E-state index in [0.29, 0.717) is 11.4 Å². The SMILES string of the molecule is Cc1oc(Cl)cc1N=C=O. The van der Waals surface area contributed by atoms with Gasteiger partial charge in [-0.2, -0.15) is 4.99 Å². The summed E-state index contributed by atoms with van der Waals surface area (Å²) >= 11 is 5.44. The molecule has 0 aliphatic carbocycles. The van der Waals surface area contributed by atoms with E-state index in [-0.39, 0.29) is 5.22 Å². The van der Waals surface area contributed by atoms with Crippen molar-refractivity contribution < 1.29 is 9.21 Å². The number of hydrogen-bond acceptors (Lipinski definition) is 3. The van der Waals surface area contributed by atoms with Crippen molar-refractivity contribution in [2.24, 2.45) is 4.99 Å². The van der Waals surface area contributed by atoms with Crippen LogP contribution in [0, 0.1) is 6.92 Å². The second-order valence-corrected chi connectivity index (χ2v) is 2.07. The van der Waals surface area contributed by atoms with Gasteiger partial charge >= 0.3 is 0 Å².